The molecule has 3 heteroatoms. The van der Waals surface area contributed by atoms with Gasteiger partial charge in [0, 0.05) is 12.0 Å². The van der Waals surface area contributed by atoms with Crippen LogP contribution in [0, 0.1) is 5.41 Å². The van der Waals surface area contributed by atoms with E-state index in [2.05, 4.69) is 0 Å². The number of aliphatic hydroxyl groups is 1. The highest BCUT2D eigenvalue weighted by molar-refractivity contribution is 5.04. The summed E-state index contributed by atoms with van der Waals surface area (Å²) in [6.45, 7) is 3.39. The summed E-state index contributed by atoms with van der Waals surface area (Å²) in [5.41, 5.74) is 3.74. The van der Waals surface area contributed by atoms with Gasteiger partial charge in [-0.05, 0) is 26.7 Å². The molecule has 0 atom stereocenters. The molecule has 1 rings (SSSR count). The Hall–Kier alpha value is -0.150. The maximum absolute atomic E-state index is 13.5. The molecule has 2 nitrogen and oxygen atoms in total. The second kappa shape index (κ2) is 2.42. The van der Waals surface area contributed by atoms with Crippen LogP contribution in [0.2, 0.25) is 0 Å². The maximum Gasteiger partial charge on any atom is 0.112 e. The number of aliphatic hydroxyl groups excluding tert-OH is 1. The van der Waals surface area contributed by atoms with E-state index in [-0.39, 0.29) is 6.10 Å². The SMILES string of the molecule is CC(C)(F)C1(CN)CC(O)C1. The zero-order chi connectivity index (χ0) is 8.70. The third-order valence-corrected chi connectivity index (χ3v) is 2.90. The molecule has 0 aromatic heterocycles. The molecule has 1 aliphatic carbocycles. The Kier molecular flexibility index (Phi) is 1.97. The van der Waals surface area contributed by atoms with Gasteiger partial charge in [0.1, 0.15) is 5.67 Å². The summed E-state index contributed by atoms with van der Waals surface area (Å²) in [5, 5.41) is 9.06. The monoisotopic (exact) mass is 161 g/mol. The Balaban J connectivity index is 2.65. The fourth-order valence-electron chi connectivity index (χ4n) is 1.74. The summed E-state index contributed by atoms with van der Waals surface area (Å²) in [5.74, 6) is 0. The molecular formula is C8H16FNO. The normalized spacial score (nSPS) is 38.5. The first-order valence-electron chi connectivity index (χ1n) is 3.98. The van der Waals surface area contributed by atoms with Crippen LogP contribution < -0.4 is 5.73 Å². The van der Waals surface area contributed by atoms with Crippen LogP contribution in [-0.4, -0.2) is 23.4 Å². The molecule has 1 saturated carbocycles. The van der Waals surface area contributed by atoms with Crippen LogP contribution in [0.3, 0.4) is 0 Å². The minimum absolute atomic E-state index is 0.327. The molecule has 0 radical (unpaired) electrons. The van der Waals surface area contributed by atoms with Crippen LogP contribution in [0.15, 0.2) is 0 Å². The van der Waals surface area contributed by atoms with Gasteiger partial charge in [-0.3, -0.25) is 0 Å². The number of rotatable bonds is 2. The van der Waals surface area contributed by atoms with E-state index in [4.69, 9.17) is 10.8 Å². The van der Waals surface area contributed by atoms with Crippen molar-refractivity contribution in [2.45, 2.75) is 38.5 Å². The first-order valence-corrected chi connectivity index (χ1v) is 3.98. The Bertz CT molecular complexity index is 147. The van der Waals surface area contributed by atoms with Gasteiger partial charge in [-0.1, -0.05) is 0 Å². The molecule has 3 N–H and O–H groups in total. The molecule has 0 unspecified atom stereocenters. The molecule has 0 bridgehead atoms. The van der Waals surface area contributed by atoms with Crippen LogP contribution >= 0.6 is 0 Å². The van der Waals surface area contributed by atoms with Gasteiger partial charge >= 0.3 is 0 Å². The highest BCUT2D eigenvalue weighted by atomic mass is 19.1. The van der Waals surface area contributed by atoms with Crippen molar-refractivity contribution >= 4 is 0 Å². The molecular weight excluding hydrogens is 145 g/mol. The molecule has 11 heavy (non-hydrogen) atoms. The van der Waals surface area contributed by atoms with Crippen LogP contribution in [0.1, 0.15) is 26.7 Å². The van der Waals surface area contributed by atoms with Gasteiger partial charge in [0.25, 0.3) is 0 Å². The van der Waals surface area contributed by atoms with Crippen LogP contribution in [0.25, 0.3) is 0 Å². The van der Waals surface area contributed by atoms with E-state index in [0.29, 0.717) is 19.4 Å². The first kappa shape index (κ1) is 8.94. The van der Waals surface area contributed by atoms with E-state index in [1.807, 2.05) is 0 Å². The van der Waals surface area contributed by atoms with Gasteiger partial charge in [-0.2, -0.15) is 0 Å². The average molecular weight is 161 g/mol. The molecule has 66 valence electrons. The third-order valence-electron chi connectivity index (χ3n) is 2.90. The third kappa shape index (κ3) is 1.27. The Labute approximate surface area is 66.6 Å². The molecule has 0 aromatic rings. The van der Waals surface area contributed by atoms with E-state index >= 15 is 0 Å². The summed E-state index contributed by atoms with van der Waals surface area (Å²) in [4.78, 5) is 0. The Morgan fingerprint density at radius 1 is 1.64 bits per heavy atom. The van der Waals surface area contributed by atoms with Gasteiger partial charge in [0.2, 0.25) is 0 Å². The lowest BCUT2D eigenvalue weighted by Gasteiger charge is -2.50. The van der Waals surface area contributed by atoms with Crippen molar-refractivity contribution in [1.82, 2.24) is 0 Å². The van der Waals surface area contributed by atoms with Crippen LogP contribution in [0.5, 0.6) is 0 Å². The molecule has 1 fully saturated rings. The largest absolute Gasteiger partial charge is 0.393 e. The van der Waals surface area contributed by atoms with Gasteiger partial charge < -0.3 is 10.8 Å². The van der Waals surface area contributed by atoms with Crippen molar-refractivity contribution in [1.29, 1.82) is 0 Å². The van der Waals surface area contributed by atoms with Crippen molar-refractivity contribution < 1.29 is 9.50 Å². The first-order chi connectivity index (χ1) is 4.91. The number of nitrogens with two attached hydrogens (primary N) is 1. The van der Waals surface area contributed by atoms with Crippen LogP contribution in [0.4, 0.5) is 4.39 Å². The second-order valence-electron chi connectivity index (χ2n) is 4.02. The van der Waals surface area contributed by atoms with Crippen molar-refractivity contribution in [2.75, 3.05) is 6.54 Å². The van der Waals surface area contributed by atoms with E-state index < -0.39 is 11.1 Å². The number of hydrogen-bond acceptors (Lipinski definition) is 2. The highest BCUT2D eigenvalue weighted by Crippen LogP contribution is 2.50. The molecule has 0 aromatic carbocycles. The molecule has 0 spiro atoms. The predicted molar refractivity (Wildman–Crippen MR) is 41.9 cm³/mol. The van der Waals surface area contributed by atoms with Gasteiger partial charge in [0.15, 0.2) is 0 Å². The predicted octanol–water partition coefficient (Wildman–Crippen LogP) is 0.834. The standard InChI is InChI=1S/C8H16FNO/c1-7(2,9)8(5-10)3-6(11)4-8/h6,11H,3-5,10H2,1-2H3. The van der Waals surface area contributed by atoms with Gasteiger partial charge in [-0.25, -0.2) is 4.39 Å². The fraction of sp³-hybridized carbons (Fsp3) is 1.00. The smallest absolute Gasteiger partial charge is 0.112 e. The lowest BCUT2D eigenvalue weighted by Crippen LogP contribution is -2.56. The molecule has 0 aliphatic heterocycles. The minimum Gasteiger partial charge on any atom is -0.393 e. The van der Waals surface area contributed by atoms with Crippen molar-refractivity contribution in [3.05, 3.63) is 0 Å². The molecule has 0 saturated heterocycles. The summed E-state index contributed by atoms with van der Waals surface area (Å²) in [7, 11) is 0. The number of alkyl halides is 1. The molecule has 0 heterocycles. The summed E-state index contributed by atoms with van der Waals surface area (Å²) in [6.07, 6.45) is 0.675. The van der Waals surface area contributed by atoms with Crippen LogP contribution in [-0.2, 0) is 0 Å². The Morgan fingerprint density at radius 3 is 2.18 bits per heavy atom. The summed E-state index contributed by atoms with van der Waals surface area (Å²) >= 11 is 0. The van der Waals surface area contributed by atoms with Crippen molar-refractivity contribution in [3.63, 3.8) is 0 Å². The minimum atomic E-state index is -1.26. The zero-order valence-electron chi connectivity index (χ0n) is 7.10. The maximum atomic E-state index is 13.5. The fourth-order valence-corrected chi connectivity index (χ4v) is 1.74. The van der Waals surface area contributed by atoms with Gasteiger partial charge in [0.05, 0.1) is 6.10 Å². The van der Waals surface area contributed by atoms with E-state index in [9.17, 15) is 4.39 Å². The Morgan fingerprint density at radius 2 is 2.09 bits per heavy atom. The number of hydrogen-bond donors (Lipinski definition) is 2. The second-order valence-corrected chi connectivity index (χ2v) is 4.02. The molecule has 0 amide bonds. The lowest BCUT2D eigenvalue weighted by atomic mass is 9.59. The summed E-state index contributed by atoms with van der Waals surface area (Å²) in [6, 6.07) is 0. The number of halogens is 1. The zero-order valence-corrected chi connectivity index (χ0v) is 7.10. The van der Waals surface area contributed by atoms with E-state index in [0.717, 1.165) is 0 Å². The van der Waals surface area contributed by atoms with Gasteiger partial charge in [-0.15, -0.1) is 0 Å². The average Bonchev–Trinajstić information content (AvgIpc) is 1.77. The van der Waals surface area contributed by atoms with Crippen molar-refractivity contribution in [2.24, 2.45) is 11.1 Å². The van der Waals surface area contributed by atoms with Crippen molar-refractivity contribution in [3.8, 4) is 0 Å². The topological polar surface area (TPSA) is 46.2 Å². The summed E-state index contributed by atoms with van der Waals surface area (Å²) < 4.78 is 13.5. The quantitative estimate of drug-likeness (QED) is 0.630. The lowest BCUT2D eigenvalue weighted by molar-refractivity contribution is -0.111. The van der Waals surface area contributed by atoms with E-state index in [1.54, 1.807) is 0 Å². The van der Waals surface area contributed by atoms with E-state index in [1.165, 1.54) is 13.8 Å². The molecule has 1 aliphatic rings. The highest BCUT2D eigenvalue weighted by Gasteiger charge is 2.53.